The Bertz CT molecular complexity index is 749. The van der Waals surface area contributed by atoms with Crippen LogP contribution in [-0.4, -0.2) is 26.1 Å². The van der Waals surface area contributed by atoms with Crippen LogP contribution in [0.15, 0.2) is 60.8 Å². The molecule has 0 spiro atoms. The highest BCUT2D eigenvalue weighted by Crippen LogP contribution is 2.24. The molecule has 5 heteroatoms. The summed E-state index contributed by atoms with van der Waals surface area (Å²) in [5.41, 5.74) is 3.83. The number of carboxylic acid groups (broad SMARTS) is 1. The zero-order chi connectivity index (χ0) is 14.7. The van der Waals surface area contributed by atoms with Crippen molar-refractivity contribution >= 4 is 5.97 Å². The van der Waals surface area contributed by atoms with Gasteiger partial charge in [0.25, 0.3) is 0 Å². The van der Waals surface area contributed by atoms with E-state index in [1.165, 1.54) is 4.68 Å². The molecular weight excluding hydrogens is 266 g/mol. The topological polar surface area (TPSA) is 68.0 Å². The van der Waals surface area contributed by atoms with E-state index in [0.717, 1.165) is 16.7 Å². The molecule has 0 saturated carbocycles. The number of aromatic nitrogens is 3. The first kappa shape index (κ1) is 13.1. The molecule has 0 amide bonds. The second kappa shape index (κ2) is 5.58. The number of benzene rings is 2. The van der Waals surface area contributed by atoms with Crippen LogP contribution in [0.5, 0.6) is 0 Å². The quantitative estimate of drug-likeness (QED) is 0.797. The Labute approximate surface area is 121 Å². The summed E-state index contributed by atoms with van der Waals surface area (Å²) in [5.74, 6) is -0.942. The van der Waals surface area contributed by atoms with Crippen molar-refractivity contribution in [3.63, 3.8) is 0 Å². The van der Waals surface area contributed by atoms with Gasteiger partial charge < -0.3 is 5.11 Å². The van der Waals surface area contributed by atoms with Gasteiger partial charge in [0.2, 0.25) is 0 Å². The van der Waals surface area contributed by atoms with Crippen molar-refractivity contribution in [3.8, 4) is 22.4 Å². The zero-order valence-electron chi connectivity index (χ0n) is 11.2. The highest BCUT2D eigenvalue weighted by atomic mass is 16.4. The molecule has 0 aliphatic heterocycles. The molecule has 0 fully saturated rings. The van der Waals surface area contributed by atoms with E-state index < -0.39 is 5.97 Å². The average molecular weight is 279 g/mol. The van der Waals surface area contributed by atoms with Crippen LogP contribution in [-0.2, 0) is 11.3 Å². The molecule has 0 atom stereocenters. The predicted octanol–water partition coefficient (Wildman–Crippen LogP) is 2.70. The van der Waals surface area contributed by atoms with Gasteiger partial charge in [-0.05, 0) is 11.1 Å². The second-order valence-corrected chi connectivity index (χ2v) is 4.61. The van der Waals surface area contributed by atoms with Crippen molar-refractivity contribution in [2.24, 2.45) is 0 Å². The summed E-state index contributed by atoms with van der Waals surface area (Å²) in [4.78, 5) is 10.8. The fraction of sp³-hybridized carbons (Fsp3) is 0.0625. The number of nitrogens with zero attached hydrogens (tertiary/aromatic N) is 3. The molecule has 3 rings (SSSR count). The molecule has 0 radical (unpaired) electrons. The van der Waals surface area contributed by atoms with Gasteiger partial charge in [0, 0.05) is 5.56 Å². The van der Waals surface area contributed by atoms with Gasteiger partial charge in [-0.1, -0.05) is 59.8 Å². The minimum atomic E-state index is -0.942. The van der Waals surface area contributed by atoms with Crippen LogP contribution in [0.2, 0.25) is 0 Å². The molecule has 3 aromatic rings. The monoisotopic (exact) mass is 279 g/mol. The molecule has 5 nitrogen and oxygen atoms in total. The smallest absolute Gasteiger partial charge is 0.325 e. The van der Waals surface area contributed by atoms with E-state index >= 15 is 0 Å². The van der Waals surface area contributed by atoms with E-state index in [-0.39, 0.29) is 6.54 Å². The third-order valence-electron chi connectivity index (χ3n) is 3.19. The highest BCUT2D eigenvalue weighted by molar-refractivity contribution is 5.70. The Hall–Kier alpha value is -2.95. The normalized spacial score (nSPS) is 10.5. The van der Waals surface area contributed by atoms with Crippen LogP contribution in [0.1, 0.15) is 0 Å². The summed E-state index contributed by atoms with van der Waals surface area (Å²) < 4.78 is 1.37. The van der Waals surface area contributed by atoms with Crippen LogP contribution in [0, 0.1) is 0 Å². The number of hydrogen-bond acceptors (Lipinski definition) is 3. The lowest BCUT2D eigenvalue weighted by Gasteiger charge is -2.05. The molecule has 0 aliphatic rings. The molecular formula is C16H13N3O2. The third kappa shape index (κ3) is 2.81. The standard InChI is InChI=1S/C16H13N3O2/c20-16(21)11-19-15(10-17-18-19)14-8-6-13(7-9-14)12-4-2-1-3-5-12/h1-10H,11H2,(H,20,21). The Kier molecular flexibility index (Phi) is 3.47. The summed E-state index contributed by atoms with van der Waals surface area (Å²) in [6, 6.07) is 18.0. The summed E-state index contributed by atoms with van der Waals surface area (Å²) in [5, 5.41) is 16.4. The molecule has 21 heavy (non-hydrogen) atoms. The van der Waals surface area contributed by atoms with Crippen LogP contribution in [0.25, 0.3) is 22.4 Å². The number of rotatable bonds is 4. The Balaban J connectivity index is 1.91. The van der Waals surface area contributed by atoms with Gasteiger partial charge in [0.05, 0.1) is 11.9 Å². The van der Waals surface area contributed by atoms with Gasteiger partial charge >= 0.3 is 5.97 Å². The summed E-state index contributed by atoms with van der Waals surface area (Å²) in [6.45, 7) is -0.199. The highest BCUT2D eigenvalue weighted by Gasteiger charge is 2.09. The van der Waals surface area contributed by atoms with E-state index in [4.69, 9.17) is 5.11 Å². The first-order valence-corrected chi connectivity index (χ1v) is 6.50. The lowest BCUT2D eigenvalue weighted by molar-refractivity contribution is -0.137. The van der Waals surface area contributed by atoms with E-state index in [1.807, 2.05) is 54.6 Å². The van der Waals surface area contributed by atoms with Crippen LogP contribution in [0.4, 0.5) is 0 Å². The fourth-order valence-electron chi connectivity index (χ4n) is 2.19. The molecule has 1 heterocycles. The first-order valence-electron chi connectivity index (χ1n) is 6.50. The van der Waals surface area contributed by atoms with E-state index in [1.54, 1.807) is 6.20 Å². The largest absolute Gasteiger partial charge is 0.480 e. The third-order valence-corrected chi connectivity index (χ3v) is 3.19. The fourth-order valence-corrected chi connectivity index (χ4v) is 2.19. The van der Waals surface area contributed by atoms with Crippen LogP contribution >= 0.6 is 0 Å². The Morgan fingerprint density at radius 2 is 1.57 bits per heavy atom. The minimum absolute atomic E-state index is 0.199. The maximum Gasteiger partial charge on any atom is 0.325 e. The lowest BCUT2D eigenvalue weighted by atomic mass is 10.0. The van der Waals surface area contributed by atoms with Crippen molar-refractivity contribution in [3.05, 3.63) is 60.8 Å². The minimum Gasteiger partial charge on any atom is -0.480 e. The molecule has 1 aromatic heterocycles. The lowest BCUT2D eigenvalue weighted by Crippen LogP contribution is -2.11. The Morgan fingerprint density at radius 3 is 2.24 bits per heavy atom. The molecule has 0 aliphatic carbocycles. The number of aliphatic carboxylic acids is 1. The molecule has 0 saturated heterocycles. The van der Waals surface area contributed by atoms with Gasteiger partial charge in [0.1, 0.15) is 6.54 Å². The summed E-state index contributed by atoms with van der Waals surface area (Å²) in [7, 11) is 0. The van der Waals surface area contributed by atoms with Crippen molar-refractivity contribution < 1.29 is 9.90 Å². The van der Waals surface area contributed by atoms with Crippen molar-refractivity contribution in [2.75, 3.05) is 0 Å². The number of hydrogen-bond donors (Lipinski definition) is 1. The van der Waals surface area contributed by atoms with Gasteiger partial charge in [-0.15, -0.1) is 5.10 Å². The number of carbonyl (C=O) groups is 1. The maximum absolute atomic E-state index is 10.8. The molecule has 1 N–H and O–H groups in total. The van der Waals surface area contributed by atoms with Crippen LogP contribution in [0.3, 0.4) is 0 Å². The maximum atomic E-state index is 10.8. The summed E-state index contributed by atoms with van der Waals surface area (Å²) in [6.07, 6.45) is 1.57. The van der Waals surface area contributed by atoms with E-state index in [0.29, 0.717) is 5.69 Å². The summed E-state index contributed by atoms with van der Waals surface area (Å²) >= 11 is 0. The van der Waals surface area contributed by atoms with E-state index in [9.17, 15) is 4.79 Å². The predicted molar refractivity (Wildman–Crippen MR) is 78.5 cm³/mol. The van der Waals surface area contributed by atoms with Gasteiger partial charge in [-0.25, -0.2) is 4.68 Å². The molecule has 0 unspecified atom stereocenters. The van der Waals surface area contributed by atoms with Gasteiger partial charge in [-0.2, -0.15) is 0 Å². The van der Waals surface area contributed by atoms with Gasteiger partial charge in [-0.3, -0.25) is 4.79 Å². The average Bonchev–Trinajstić information content (AvgIpc) is 2.96. The van der Waals surface area contributed by atoms with Crippen molar-refractivity contribution in [1.82, 2.24) is 15.0 Å². The van der Waals surface area contributed by atoms with Crippen molar-refractivity contribution in [2.45, 2.75) is 6.54 Å². The SMILES string of the molecule is O=C(O)Cn1nncc1-c1ccc(-c2ccccc2)cc1. The van der Waals surface area contributed by atoms with Crippen LogP contribution < -0.4 is 0 Å². The Morgan fingerprint density at radius 1 is 0.952 bits per heavy atom. The first-order chi connectivity index (χ1) is 10.2. The molecule has 2 aromatic carbocycles. The molecule has 104 valence electrons. The number of carboxylic acids is 1. The second-order valence-electron chi connectivity index (χ2n) is 4.61. The molecule has 0 bridgehead atoms. The zero-order valence-corrected chi connectivity index (χ0v) is 11.2. The van der Waals surface area contributed by atoms with E-state index in [2.05, 4.69) is 10.3 Å². The van der Waals surface area contributed by atoms with Crippen molar-refractivity contribution in [1.29, 1.82) is 0 Å². The van der Waals surface area contributed by atoms with Gasteiger partial charge in [0.15, 0.2) is 0 Å².